The molecule has 1 N–H and O–H groups in total. The van der Waals surface area contributed by atoms with Crippen molar-refractivity contribution in [1.82, 2.24) is 15.2 Å². The summed E-state index contributed by atoms with van der Waals surface area (Å²) in [4.78, 5) is 11.6. The van der Waals surface area contributed by atoms with E-state index in [1.807, 2.05) is 24.9 Å². The van der Waals surface area contributed by atoms with Gasteiger partial charge in [-0.15, -0.1) is 35.3 Å². The molecule has 142 valence electrons. The Hall–Kier alpha value is -0.800. The maximum absolute atomic E-state index is 4.76. The lowest BCUT2D eigenvalue weighted by atomic mass is 10.2. The molecule has 0 radical (unpaired) electrons. The van der Waals surface area contributed by atoms with E-state index in [-0.39, 0.29) is 28.7 Å². The van der Waals surface area contributed by atoms with Gasteiger partial charge < -0.3 is 10.2 Å². The third-order valence-electron chi connectivity index (χ3n) is 4.17. The van der Waals surface area contributed by atoms with Crippen LogP contribution >= 0.6 is 47.1 Å². The van der Waals surface area contributed by atoms with E-state index in [4.69, 9.17) is 4.98 Å². The van der Waals surface area contributed by atoms with Crippen LogP contribution in [0.3, 0.4) is 0 Å². The quantitative estimate of drug-likeness (QED) is 0.383. The first-order valence-electron chi connectivity index (χ1n) is 8.67. The van der Waals surface area contributed by atoms with Crippen molar-refractivity contribution in [3.05, 3.63) is 41.4 Å². The van der Waals surface area contributed by atoms with Crippen molar-refractivity contribution in [2.45, 2.75) is 25.0 Å². The second-order valence-electron chi connectivity index (χ2n) is 6.76. The molecule has 4 nitrogen and oxygen atoms in total. The molecule has 3 rings (SSSR count). The maximum atomic E-state index is 4.76. The monoisotopic (exact) mass is 502 g/mol. The largest absolute Gasteiger partial charge is 0.356 e. The molecular weight excluding hydrogens is 475 g/mol. The van der Waals surface area contributed by atoms with Gasteiger partial charge in [0, 0.05) is 54.5 Å². The SMILES string of the molecule is CN=C(NCCc1csc(-c2ccccc2)n1)N1CCSC(C)(C)C1.I. The number of aromatic nitrogens is 1. The van der Waals surface area contributed by atoms with Gasteiger partial charge in [0.1, 0.15) is 5.01 Å². The normalized spacial score (nSPS) is 16.9. The van der Waals surface area contributed by atoms with Crippen LogP contribution in [0.25, 0.3) is 10.6 Å². The summed E-state index contributed by atoms with van der Waals surface area (Å²) in [5, 5.41) is 6.76. The Labute approximate surface area is 181 Å². The third kappa shape index (κ3) is 5.85. The smallest absolute Gasteiger partial charge is 0.193 e. The summed E-state index contributed by atoms with van der Waals surface area (Å²) in [5.74, 6) is 2.16. The van der Waals surface area contributed by atoms with Gasteiger partial charge in [0.25, 0.3) is 0 Å². The minimum absolute atomic E-state index is 0. The van der Waals surface area contributed by atoms with Crippen LogP contribution in [0, 0.1) is 0 Å². The van der Waals surface area contributed by atoms with E-state index in [1.165, 1.54) is 5.56 Å². The fourth-order valence-corrected chi connectivity index (χ4v) is 4.94. The summed E-state index contributed by atoms with van der Waals surface area (Å²) in [6.45, 7) is 7.55. The number of aliphatic imine (C=N–C) groups is 1. The van der Waals surface area contributed by atoms with Crippen LogP contribution in [0.5, 0.6) is 0 Å². The maximum Gasteiger partial charge on any atom is 0.193 e. The summed E-state index contributed by atoms with van der Waals surface area (Å²) in [6.07, 6.45) is 0.911. The average molecular weight is 502 g/mol. The Morgan fingerprint density at radius 3 is 2.77 bits per heavy atom. The molecular formula is C19H27IN4S2. The summed E-state index contributed by atoms with van der Waals surface area (Å²) < 4.78 is 0.287. The van der Waals surface area contributed by atoms with Crippen molar-refractivity contribution in [3.8, 4) is 10.6 Å². The van der Waals surface area contributed by atoms with Crippen LogP contribution in [0.4, 0.5) is 0 Å². The van der Waals surface area contributed by atoms with Gasteiger partial charge >= 0.3 is 0 Å². The zero-order chi connectivity index (χ0) is 17.7. The van der Waals surface area contributed by atoms with E-state index in [0.29, 0.717) is 0 Å². The van der Waals surface area contributed by atoms with E-state index in [9.17, 15) is 0 Å². The van der Waals surface area contributed by atoms with Gasteiger partial charge in [-0.2, -0.15) is 11.8 Å². The van der Waals surface area contributed by atoms with Crippen molar-refractivity contribution in [2.75, 3.05) is 32.4 Å². The van der Waals surface area contributed by atoms with Gasteiger partial charge in [-0.1, -0.05) is 30.3 Å². The van der Waals surface area contributed by atoms with Crippen LogP contribution in [0.15, 0.2) is 40.7 Å². The van der Waals surface area contributed by atoms with Gasteiger partial charge in [-0.25, -0.2) is 4.98 Å². The molecule has 26 heavy (non-hydrogen) atoms. The molecule has 0 amide bonds. The highest BCUT2D eigenvalue weighted by molar-refractivity contribution is 14.0. The second kappa shape index (κ2) is 9.94. The predicted octanol–water partition coefficient (Wildman–Crippen LogP) is 4.37. The standard InChI is InChI=1S/C19H26N4S2.HI/c1-19(2)14-23(11-12-25-19)18(20-3)21-10-9-16-13-24-17(22-16)15-7-5-4-6-8-15;/h4-8,13H,9-12,14H2,1-3H3,(H,20,21);1H. The Morgan fingerprint density at radius 2 is 2.08 bits per heavy atom. The van der Waals surface area contributed by atoms with Crippen molar-refractivity contribution < 1.29 is 0 Å². The molecule has 2 aromatic rings. The molecule has 0 atom stereocenters. The van der Waals surface area contributed by atoms with Gasteiger partial charge in [-0.3, -0.25) is 4.99 Å². The van der Waals surface area contributed by atoms with Gasteiger partial charge in [0.15, 0.2) is 5.96 Å². The molecule has 1 aliphatic rings. The van der Waals surface area contributed by atoms with E-state index < -0.39 is 0 Å². The molecule has 0 aliphatic carbocycles. The number of nitrogens with one attached hydrogen (secondary N) is 1. The average Bonchev–Trinajstić information content (AvgIpc) is 3.07. The summed E-state index contributed by atoms with van der Waals surface area (Å²) in [7, 11) is 1.87. The molecule has 0 unspecified atom stereocenters. The van der Waals surface area contributed by atoms with E-state index >= 15 is 0 Å². The summed E-state index contributed by atoms with van der Waals surface area (Å²) in [6, 6.07) is 10.4. The number of benzene rings is 1. The first-order valence-corrected chi connectivity index (χ1v) is 10.5. The van der Waals surface area contributed by atoms with Crippen molar-refractivity contribution in [1.29, 1.82) is 0 Å². The lowest BCUT2D eigenvalue weighted by Crippen LogP contribution is -2.51. The summed E-state index contributed by atoms with van der Waals surface area (Å²) >= 11 is 3.75. The van der Waals surface area contributed by atoms with Crippen LogP contribution < -0.4 is 5.32 Å². The number of thiazole rings is 1. The Bertz CT molecular complexity index is 715. The van der Waals surface area contributed by atoms with Gasteiger partial charge in [-0.05, 0) is 13.8 Å². The Kier molecular flexibility index (Phi) is 8.22. The topological polar surface area (TPSA) is 40.5 Å². The van der Waals surface area contributed by atoms with Crippen LogP contribution in [-0.2, 0) is 6.42 Å². The highest BCUT2D eigenvalue weighted by Gasteiger charge is 2.28. The molecule has 0 bridgehead atoms. The lowest BCUT2D eigenvalue weighted by Gasteiger charge is -2.39. The third-order valence-corrected chi connectivity index (χ3v) is 6.41. The molecule has 1 aliphatic heterocycles. The van der Waals surface area contributed by atoms with Crippen molar-refractivity contribution >= 4 is 53.0 Å². The molecule has 1 fully saturated rings. The number of nitrogens with zero attached hydrogens (tertiary/aromatic N) is 3. The summed E-state index contributed by atoms with van der Waals surface area (Å²) in [5.41, 5.74) is 2.33. The number of hydrogen-bond donors (Lipinski definition) is 1. The minimum Gasteiger partial charge on any atom is -0.356 e. The predicted molar refractivity (Wildman–Crippen MR) is 126 cm³/mol. The molecule has 1 aromatic heterocycles. The van der Waals surface area contributed by atoms with Crippen LogP contribution in [0.1, 0.15) is 19.5 Å². The zero-order valence-electron chi connectivity index (χ0n) is 15.6. The number of hydrogen-bond acceptors (Lipinski definition) is 4. The lowest BCUT2D eigenvalue weighted by molar-refractivity contribution is 0.376. The fraction of sp³-hybridized carbons (Fsp3) is 0.474. The van der Waals surface area contributed by atoms with E-state index in [1.54, 1.807) is 11.3 Å². The Morgan fingerprint density at radius 1 is 1.31 bits per heavy atom. The Balaban J connectivity index is 0.00000243. The highest BCUT2D eigenvalue weighted by Crippen LogP contribution is 2.29. The second-order valence-corrected chi connectivity index (χ2v) is 9.42. The van der Waals surface area contributed by atoms with Crippen molar-refractivity contribution in [3.63, 3.8) is 0 Å². The first kappa shape index (κ1) is 21.5. The van der Waals surface area contributed by atoms with Crippen LogP contribution in [0.2, 0.25) is 0 Å². The molecule has 1 saturated heterocycles. The fourth-order valence-electron chi connectivity index (χ4n) is 2.97. The van der Waals surface area contributed by atoms with Gasteiger partial charge in [0.05, 0.1) is 5.69 Å². The molecule has 1 aromatic carbocycles. The van der Waals surface area contributed by atoms with Gasteiger partial charge in [0.2, 0.25) is 0 Å². The van der Waals surface area contributed by atoms with Crippen molar-refractivity contribution in [2.24, 2.45) is 4.99 Å². The highest BCUT2D eigenvalue weighted by atomic mass is 127. The molecule has 0 spiro atoms. The number of guanidine groups is 1. The number of halogens is 1. The molecule has 2 heterocycles. The molecule has 0 saturated carbocycles. The minimum atomic E-state index is 0. The first-order chi connectivity index (χ1) is 12.1. The van der Waals surface area contributed by atoms with Crippen LogP contribution in [-0.4, -0.2) is 53.0 Å². The zero-order valence-corrected chi connectivity index (χ0v) is 19.5. The number of thioether (sulfide) groups is 1. The number of rotatable bonds is 4. The molecule has 7 heteroatoms. The van der Waals surface area contributed by atoms with E-state index in [2.05, 4.69) is 58.7 Å². The van der Waals surface area contributed by atoms with E-state index in [0.717, 1.165) is 48.5 Å².